The van der Waals surface area contributed by atoms with E-state index in [2.05, 4.69) is 0 Å². The zero-order valence-corrected chi connectivity index (χ0v) is 17.4. The summed E-state index contributed by atoms with van der Waals surface area (Å²) >= 11 is 0. The maximum absolute atomic E-state index is 12.4. The first-order valence-corrected chi connectivity index (χ1v) is 10.3. The molecule has 0 unspecified atom stereocenters. The van der Waals surface area contributed by atoms with Crippen LogP contribution in [-0.4, -0.2) is 35.2 Å². The summed E-state index contributed by atoms with van der Waals surface area (Å²) in [4.78, 5) is 12.0. The van der Waals surface area contributed by atoms with Crippen LogP contribution >= 0.6 is 0 Å². The third kappa shape index (κ3) is 5.81. The first kappa shape index (κ1) is 21.9. The minimum absolute atomic E-state index is 0.0384. The molecule has 2 rings (SSSR count). The summed E-state index contributed by atoms with van der Waals surface area (Å²) in [5.74, 6) is 0.129. The number of carbonyl (C=O) groups is 1. The number of aryl methyl sites for hydroxylation is 2. The molecular formula is C21H26O6S. The SMILES string of the molecule is COC(=O)C[C@H](CCOS(=O)(=O)c1ccc(C)cc1)c1ccc(OC)cc1C. The van der Waals surface area contributed by atoms with Crippen molar-refractivity contribution in [3.05, 3.63) is 59.2 Å². The average Bonchev–Trinajstić information content (AvgIpc) is 2.67. The standard InChI is InChI=1S/C21H26O6S/c1-15-5-8-19(9-6-15)28(23,24)27-12-11-17(14-21(22)26-4)20-10-7-18(25-3)13-16(20)2/h5-10,13,17H,11-12,14H2,1-4H3/t17-/m0/s1. The van der Waals surface area contributed by atoms with E-state index < -0.39 is 10.1 Å². The number of carbonyl (C=O) groups excluding carboxylic acids is 1. The molecule has 0 bridgehead atoms. The summed E-state index contributed by atoms with van der Waals surface area (Å²) in [6.45, 7) is 3.77. The first-order valence-electron chi connectivity index (χ1n) is 8.94. The van der Waals surface area contributed by atoms with E-state index in [4.69, 9.17) is 13.7 Å². The van der Waals surface area contributed by atoms with E-state index in [0.717, 1.165) is 22.4 Å². The summed E-state index contributed by atoms with van der Waals surface area (Å²) in [6.07, 6.45) is 0.491. The monoisotopic (exact) mass is 406 g/mol. The lowest BCUT2D eigenvalue weighted by Crippen LogP contribution is -2.14. The summed E-state index contributed by atoms with van der Waals surface area (Å²) in [6, 6.07) is 12.1. The first-order chi connectivity index (χ1) is 13.3. The Labute approximate surface area is 166 Å². The van der Waals surface area contributed by atoms with E-state index in [0.29, 0.717) is 6.42 Å². The zero-order valence-electron chi connectivity index (χ0n) is 16.6. The quantitative estimate of drug-likeness (QED) is 0.466. The molecule has 152 valence electrons. The van der Waals surface area contributed by atoms with Gasteiger partial charge in [0.2, 0.25) is 0 Å². The normalized spacial score (nSPS) is 12.4. The smallest absolute Gasteiger partial charge is 0.306 e. The fraction of sp³-hybridized carbons (Fsp3) is 0.381. The van der Waals surface area contributed by atoms with Gasteiger partial charge in [0, 0.05) is 0 Å². The van der Waals surface area contributed by atoms with E-state index >= 15 is 0 Å². The molecule has 0 saturated carbocycles. The molecule has 0 saturated heterocycles. The van der Waals surface area contributed by atoms with Crippen molar-refractivity contribution in [2.45, 2.75) is 37.5 Å². The molecule has 6 nitrogen and oxygen atoms in total. The van der Waals surface area contributed by atoms with Gasteiger partial charge in [-0.25, -0.2) is 0 Å². The largest absolute Gasteiger partial charge is 0.497 e. The molecule has 0 aliphatic heterocycles. The fourth-order valence-corrected chi connectivity index (χ4v) is 3.88. The summed E-state index contributed by atoms with van der Waals surface area (Å²) < 4.78 is 39.9. The van der Waals surface area contributed by atoms with Crippen LogP contribution in [0.1, 0.15) is 35.4 Å². The summed E-state index contributed by atoms with van der Waals surface area (Å²) in [7, 11) is -0.926. The van der Waals surface area contributed by atoms with E-state index in [-0.39, 0.29) is 29.8 Å². The molecule has 0 heterocycles. The average molecular weight is 407 g/mol. The lowest BCUT2D eigenvalue weighted by atomic mass is 9.89. The Morgan fingerprint density at radius 1 is 1.04 bits per heavy atom. The highest BCUT2D eigenvalue weighted by Crippen LogP contribution is 2.30. The lowest BCUT2D eigenvalue weighted by Gasteiger charge is -2.19. The van der Waals surface area contributed by atoms with E-state index in [1.165, 1.54) is 19.2 Å². The van der Waals surface area contributed by atoms with Crippen LogP contribution in [0, 0.1) is 13.8 Å². The number of benzene rings is 2. The van der Waals surface area contributed by atoms with Gasteiger partial charge in [-0.15, -0.1) is 0 Å². The highest BCUT2D eigenvalue weighted by molar-refractivity contribution is 7.86. The second-order valence-corrected chi connectivity index (χ2v) is 8.19. The highest BCUT2D eigenvalue weighted by atomic mass is 32.2. The van der Waals surface area contributed by atoms with Crippen LogP contribution in [0.3, 0.4) is 0 Å². The number of ether oxygens (including phenoxy) is 2. The number of esters is 1. The van der Waals surface area contributed by atoms with E-state index in [1.807, 2.05) is 32.0 Å². The fourth-order valence-electron chi connectivity index (χ4n) is 2.96. The second kappa shape index (κ2) is 9.71. The van der Waals surface area contributed by atoms with Crippen molar-refractivity contribution in [2.24, 2.45) is 0 Å². The maximum atomic E-state index is 12.4. The van der Waals surface area contributed by atoms with Crippen LogP contribution in [0.5, 0.6) is 5.75 Å². The minimum atomic E-state index is -3.85. The Bertz CT molecular complexity index is 903. The molecule has 0 spiro atoms. The number of hydrogen-bond acceptors (Lipinski definition) is 6. The second-order valence-electron chi connectivity index (χ2n) is 6.58. The van der Waals surface area contributed by atoms with E-state index in [1.54, 1.807) is 19.2 Å². The Morgan fingerprint density at radius 3 is 2.29 bits per heavy atom. The van der Waals surface area contributed by atoms with Crippen LogP contribution in [-0.2, 0) is 23.8 Å². The van der Waals surface area contributed by atoms with Crippen LogP contribution in [0.2, 0.25) is 0 Å². The van der Waals surface area contributed by atoms with Crippen LogP contribution in [0.4, 0.5) is 0 Å². The van der Waals surface area contributed by atoms with Crippen LogP contribution in [0.15, 0.2) is 47.4 Å². The van der Waals surface area contributed by atoms with Gasteiger partial charge in [-0.05, 0) is 61.6 Å². The van der Waals surface area contributed by atoms with Crippen molar-refractivity contribution in [1.82, 2.24) is 0 Å². The van der Waals surface area contributed by atoms with Crippen molar-refractivity contribution >= 4 is 16.1 Å². The molecule has 0 amide bonds. The third-order valence-corrected chi connectivity index (χ3v) is 5.90. The molecular weight excluding hydrogens is 380 g/mol. The van der Waals surface area contributed by atoms with Gasteiger partial charge in [0.15, 0.2) is 0 Å². The maximum Gasteiger partial charge on any atom is 0.306 e. The van der Waals surface area contributed by atoms with Crippen molar-refractivity contribution in [2.75, 3.05) is 20.8 Å². The van der Waals surface area contributed by atoms with Gasteiger partial charge in [0.25, 0.3) is 10.1 Å². The Hall–Kier alpha value is -2.38. The van der Waals surface area contributed by atoms with Crippen molar-refractivity contribution in [1.29, 1.82) is 0 Å². The van der Waals surface area contributed by atoms with E-state index in [9.17, 15) is 13.2 Å². The molecule has 0 aliphatic carbocycles. The third-order valence-electron chi connectivity index (χ3n) is 4.57. The number of hydrogen-bond donors (Lipinski definition) is 0. The van der Waals surface area contributed by atoms with Crippen molar-refractivity contribution in [3.8, 4) is 5.75 Å². The van der Waals surface area contributed by atoms with Crippen molar-refractivity contribution in [3.63, 3.8) is 0 Å². The van der Waals surface area contributed by atoms with Gasteiger partial charge in [-0.2, -0.15) is 8.42 Å². The molecule has 0 aliphatic rings. The predicted octanol–water partition coefficient (Wildman–Crippen LogP) is 3.75. The summed E-state index contributed by atoms with van der Waals surface area (Å²) in [5, 5.41) is 0. The van der Waals surface area contributed by atoms with Gasteiger partial charge in [0.05, 0.1) is 32.1 Å². The molecule has 2 aromatic carbocycles. The predicted molar refractivity (Wildman–Crippen MR) is 106 cm³/mol. The number of rotatable bonds is 9. The molecule has 0 N–H and O–H groups in total. The molecule has 0 fully saturated rings. The Morgan fingerprint density at radius 2 is 1.71 bits per heavy atom. The zero-order chi connectivity index (χ0) is 20.7. The van der Waals surface area contributed by atoms with Gasteiger partial charge >= 0.3 is 5.97 Å². The topological polar surface area (TPSA) is 78.9 Å². The Kier molecular flexibility index (Phi) is 7.60. The molecule has 1 atom stereocenters. The Balaban J connectivity index is 2.12. The molecule has 0 aromatic heterocycles. The number of methoxy groups -OCH3 is 2. The summed E-state index contributed by atoms with van der Waals surface area (Å²) in [5.41, 5.74) is 2.85. The van der Waals surface area contributed by atoms with Gasteiger partial charge in [0.1, 0.15) is 5.75 Å². The molecule has 0 radical (unpaired) electrons. The van der Waals surface area contributed by atoms with Gasteiger partial charge < -0.3 is 9.47 Å². The highest BCUT2D eigenvalue weighted by Gasteiger charge is 2.21. The minimum Gasteiger partial charge on any atom is -0.497 e. The molecule has 28 heavy (non-hydrogen) atoms. The van der Waals surface area contributed by atoms with Crippen molar-refractivity contribution < 1.29 is 26.9 Å². The van der Waals surface area contributed by atoms with Crippen LogP contribution < -0.4 is 4.74 Å². The molecule has 2 aromatic rings. The van der Waals surface area contributed by atoms with Gasteiger partial charge in [-0.3, -0.25) is 8.98 Å². The van der Waals surface area contributed by atoms with Gasteiger partial charge in [-0.1, -0.05) is 23.8 Å². The lowest BCUT2D eigenvalue weighted by molar-refractivity contribution is -0.141. The van der Waals surface area contributed by atoms with Crippen LogP contribution in [0.25, 0.3) is 0 Å². The molecule has 7 heteroatoms.